The summed E-state index contributed by atoms with van der Waals surface area (Å²) in [6.45, 7) is -8.43. The Bertz CT molecular complexity index is 1270. The molecule has 17 N–H and O–H groups in total. The summed E-state index contributed by atoms with van der Waals surface area (Å²) in [4.78, 5) is 119. The van der Waals surface area contributed by atoms with E-state index >= 15 is 0 Å². The minimum absolute atomic E-state index is 0.663. The first-order valence-electron chi connectivity index (χ1n) is 14.6. The standard InChI is InChI=1S/C25H42N10O16/c26-11(6-36)21(47)27-1-16(41)32-12(7-37)22(48)28-2-17(42)33-13(8-38)23(49)29-3-18(43)34-14(9-39)24(50)30-4-19(44)35-15(10-40)25(51)31-5-20(45)46/h11-15,36-40H,1-10,26H2,(H,27,47)(H,28,48)(H,29,49)(H,30,50)(H,31,51)(H,32,41)(H,33,42)(H,34,43)(H,35,44)(H,45,46)/t11-,12-,13-,14-,15-/m0/s1. The van der Waals surface area contributed by atoms with E-state index in [0.29, 0.717) is 0 Å². The molecule has 0 aliphatic heterocycles. The van der Waals surface area contributed by atoms with Gasteiger partial charge in [0.2, 0.25) is 53.2 Å². The highest BCUT2D eigenvalue weighted by Gasteiger charge is 2.26. The largest absolute Gasteiger partial charge is 0.480 e. The zero-order chi connectivity index (χ0) is 39.1. The zero-order valence-corrected chi connectivity index (χ0v) is 26.8. The van der Waals surface area contributed by atoms with Crippen LogP contribution >= 0.6 is 0 Å². The van der Waals surface area contributed by atoms with E-state index in [-0.39, 0.29) is 0 Å². The van der Waals surface area contributed by atoms with Gasteiger partial charge in [-0.2, -0.15) is 0 Å². The van der Waals surface area contributed by atoms with Crippen LogP contribution in [-0.4, -0.2) is 186 Å². The lowest BCUT2D eigenvalue weighted by Gasteiger charge is -2.19. The molecule has 51 heavy (non-hydrogen) atoms. The minimum atomic E-state index is -1.66. The molecule has 0 aromatic rings. The third kappa shape index (κ3) is 18.7. The Kier molecular flexibility index (Phi) is 21.9. The second-order valence-electron chi connectivity index (χ2n) is 9.98. The van der Waals surface area contributed by atoms with Crippen LogP contribution < -0.4 is 53.6 Å². The smallest absolute Gasteiger partial charge is 0.322 e. The van der Waals surface area contributed by atoms with Crippen molar-refractivity contribution in [3.8, 4) is 0 Å². The van der Waals surface area contributed by atoms with E-state index in [2.05, 4.69) is 16.0 Å². The number of aliphatic hydroxyl groups is 5. The van der Waals surface area contributed by atoms with Crippen molar-refractivity contribution in [2.24, 2.45) is 5.73 Å². The summed E-state index contributed by atoms with van der Waals surface area (Å²) in [7, 11) is 0. The van der Waals surface area contributed by atoms with Crippen LogP contribution in [0, 0.1) is 0 Å². The van der Waals surface area contributed by atoms with Crippen molar-refractivity contribution in [2.45, 2.75) is 30.2 Å². The van der Waals surface area contributed by atoms with E-state index in [9.17, 15) is 68.4 Å². The summed E-state index contributed by atoms with van der Waals surface area (Å²) in [5, 5.41) is 73.2. The average Bonchev–Trinajstić information content (AvgIpc) is 3.11. The molecule has 0 unspecified atom stereocenters. The number of carbonyl (C=O) groups is 10. The highest BCUT2D eigenvalue weighted by Crippen LogP contribution is 1.89. The molecule has 0 spiro atoms. The van der Waals surface area contributed by atoms with Crippen molar-refractivity contribution in [3.63, 3.8) is 0 Å². The molecular weight excluding hydrogens is 696 g/mol. The number of nitrogens with two attached hydrogens (primary N) is 1. The summed E-state index contributed by atoms with van der Waals surface area (Å²) >= 11 is 0. The number of rotatable bonds is 24. The maximum absolute atomic E-state index is 12.4. The molecule has 0 aromatic carbocycles. The predicted octanol–water partition coefficient (Wildman–Crippen LogP) is -12.1. The SMILES string of the molecule is N[C@@H](CO)C(=O)NCC(=O)N[C@@H](CO)C(=O)NCC(=O)N[C@@H](CO)C(=O)NCC(=O)N[C@@H](CO)C(=O)NCC(=O)N[C@@H](CO)C(=O)NCC(=O)O. The lowest BCUT2D eigenvalue weighted by atomic mass is 10.2. The fraction of sp³-hybridized carbons (Fsp3) is 0.600. The third-order valence-electron chi connectivity index (χ3n) is 5.98. The van der Waals surface area contributed by atoms with Gasteiger partial charge in [0, 0.05) is 0 Å². The summed E-state index contributed by atoms with van der Waals surface area (Å²) in [6.07, 6.45) is 0. The zero-order valence-electron chi connectivity index (χ0n) is 26.8. The minimum Gasteiger partial charge on any atom is -0.480 e. The van der Waals surface area contributed by atoms with E-state index in [0.717, 1.165) is 0 Å². The normalized spacial score (nSPS) is 13.4. The van der Waals surface area contributed by atoms with Crippen molar-refractivity contribution in [2.75, 3.05) is 65.8 Å². The second kappa shape index (κ2) is 24.6. The molecule has 26 nitrogen and oxygen atoms in total. The van der Waals surface area contributed by atoms with Crippen LogP contribution in [0.25, 0.3) is 0 Å². The Hall–Kier alpha value is -5.54. The average molecular weight is 739 g/mol. The van der Waals surface area contributed by atoms with Gasteiger partial charge in [-0.1, -0.05) is 0 Å². The number of aliphatic hydroxyl groups excluding tert-OH is 5. The van der Waals surface area contributed by atoms with E-state index < -0.39 is 155 Å². The van der Waals surface area contributed by atoms with Gasteiger partial charge in [-0.25, -0.2) is 0 Å². The number of nitrogens with one attached hydrogen (secondary N) is 9. The molecule has 0 aliphatic rings. The predicted molar refractivity (Wildman–Crippen MR) is 164 cm³/mol. The molecule has 0 saturated carbocycles. The number of hydrogen-bond acceptors (Lipinski definition) is 16. The highest BCUT2D eigenvalue weighted by atomic mass is 16.4. The summed E-state index contributed by atoms with van der Waals surface area (Å²) in [6, 6.07) is -7.73. The molecule has 0 heterocycles. The molecule has 0 aromatic heterocycles. The Morgan fingerprint density at radius 2 is 0.627 bits per heavy atom. The Labute approximate surface area is 287 Å². The van der Waals surface area contributed by atoms with Gasteiger partial charge in [-0.05, 0) is 0 Å². The summed E-state index contributed by atoms with van der Waals surface area (Å²) in [5.74, 6) is -10.6. The van der Waals surface area contributed by atoms with Crippen LogP contribution in [0.2, 0.25) is 0 Å². The molecule has 9 amide bonds. The molecule has 288 valence electrons. The monoisotopic (exact) mass is 738 g/mol. The quantitative estimate of drug-likeness (QED) is 0.0437. The van der Waals surface area contributed by atoms with Crippen molar-refractivity contribution in [3.05, 3.63) is 0 Å². The molecule has 0 radical (unpaired) electrons. The first-order chi connectivity index (χ1) is 24.0. The molecule has 26 heteroatoms. The molecule has 0 bridgehead atoms. The van der Waals surface area contributed by atoms with Crippen LogP contribution in [-0.2, 0) is 47.9 Å². The van der Waals surface area contributed by atoms with Crippen LogP contribution in [0.4, 0.5) is 0 Å². The number of aliphatic carboxylic acids is 1. The summed E-state index contributed by atoms with van der Waals surface area (Å²) in [5.41, 5.74) is 5.27. The molecule has 0 rings (SSSR count). The van der Waals surface area contributed by atoms with Crippen molar-refractivity contribution in [1.29, 1.82) is 0 Å². The number of carbonyl (C=O) groups excluding carboxylic acids is 9. The molecule has 0 saturated heterocycles. The van der Waals surface area contributed by atoms with E-state index in [4.69, 9.17) is 15.9 Å². The number of carboxylic acid groups (broad SMARTS) is 1. The third-order valence-corrected chi connectivity index (χ3v) is 5.98. The number of hydrogen-bond donors (Lipinski definition) is 16. The van der Waals surface area contributed by atoms with Gasteiger partial charge in [-0.15, -0.1) is 0 Å². The van der Waals surface area contributed by atoms with Crippen molar-refractivity contribution in [1.82, 2.24) is 47.9 Å². The topological polar surface area (TPSA) is 426 Å². The fourth-order valence-electron chi connectivity index (χ4n) is 3.30. The maximum Gasteiger partial charge on any atom is 0.322 e. The number of amides is 9. The van der Waals surface area contributed by atoms with Gasteiger partial charge in [0.05, 0.1) is 59.2 Å². The molecule has 5 atom stereocenters. The van der Waals surface area contributed by atoms with Gasteiger partial charge in [0.15, 0.2) is 0 Å². The van der Waals surface area contributed by atoms with Crippen molar-refractivity contribution >= 4 is 59.1 Å². The second-order valence-corrected chi connectivity index (χ2v) is 9.98. The van der Waals surface area contributed by atoms with Gasteiger partial charge < -0.3 is 84.2 Å². The Balaban J connectivity index is 4.76. The van der Waals surface area contributed by atoms with E-state index in [1.54, 1.807) is 0 Å². The van der Waals surface area contributed by atoms with Crippen LogP contribution in [0.15, 0.2) is 0 Å². The van der Waals surface area contributed by atoms with E-state index in [1.165, 1.54) is 0 Å². The van der Waals surface area contributed by atoms with Gasteiger partial charge in [-0.3, -0.25) is 47.9 Å². The first-order valence-corrected chi connectivity index (χ1v) is 14.6. The fourth-order valence-corrected chi connectivity index (χ4v) is 3.30. The molecule has 0 aliphatic carbocycles. The molecule has 0 fully saturated rings. The lowest BCUT2D eigenvalue weighted by molar-refractivity contribution is -0.138. The first kappa shape index (κ1) is 45.5. The number of carboxylic acids is 1. The van der Waals surface area contributed by atoms with Gasteiger partial charge >= 0.3 is 5.97 Å². The Morgan fingerprint density at radius 1 is 0.392 bits per heavy atom. The van der Waals surface area contributed by atoms with Crippen LogP contribution in [0.5, 0.6) is 0 Å². The molecular formula is C25H42N10O16. The van der Waals surface area contributed by atoms with Crippen molar-refractivity contribution < 1.29 is 78.6 Å². The van der Waals surface area contributed by atoms with Gasteiger partial charge in [0.25, 0.3) is 0 Å². The van der Waals surface area contributed by atoms with Crippen LogP contribution in [0.1, 0.15) is 0 Å². The maximum atomic E-state index is 12.4. The highest BCUT2D eigenvalue weighted by molar-refractivity contribution is 5.96. The lowest BCUT2D eigenvalue weighted by Crippen LogP contribution is -2.56. The van der Waals surface area contributed by atoms with Gasteiger partial charge in [0.1, 0.15) is 36.8 Å². The Morgan fingerprint density at radius 3 is 0.843 bits per heavy atom. The summed E-state index contributed by atoms with van der Waals surface area (Å²) < 4.78 is 0. The van der Waals surface area contributed by atoms with Crippen LogP contribution in [0.3, 0.4) is 0 Å². The van der Waals surface area contributed by atoms with E-state index in [1.807, 2.05) is 31.9 Å².